The van der Waals surface area contributed by atoms with Gasteiger partial charge in [-0.2, -0.15) is 0 Å². The van der Waals surface area contributed by atoms with Crippen molar-refractivity contribution < 1.29 is 9.47 Å². The van der Waals surface area contributed by atoms with Gasteiger partial charge < -0.3 is 14.8 Å². The maximum absolute atomic E-state index is 5.29. The van der Waals surface area contributed by atoms with Crippen LogP contribution in [0, 0.1) is 0 Å². The second-order valence-electron chi connectivity index (χ2n) is 3.85. The highest BCUT2D eigenvalue weighted by atomic mass is 16.5. The highest BCUT2D eigenvalue weighted by Gasteiger charge is 2.09. The molecular weight excluding hydrogens is 204 g/mol. The van der Waals surface area contributed by atoms with Gasteiger partial charge in [-0.05, 0) is 33.2 Å². The van der Waals surface area contributed by atoms with Crippen LogP contribution in [-0.2, 0) is 0 Å². The molecule has 0 fully saturated rings. The van der Waals surface area contributed by atoms with E-state index in [2.05, 4.69) is 17.1 Å². The average Bonchev–Trinajstić information content (AvgIpc) is 2.28. The number of ether oxygens (including phenoxy) is 2. The van der Waals surface area contributed by atoms with Crippen LogP contribution in [0.1, 0.15) is 6.92 Å². The molecule has 1 aromatic carbocycles. The minimum Gasteiger partial charge on any atom is -0.497 e. The zero-order valence-corrected chi connectivity index (χ0v) is 10.6. The maximum Gasteiger partial charge on any atom is 0.142 e. The fourth-order valence-electron chi connectivity index (χ4n) is 1.28. The lowest BCUT2D eigenvalue weighted by Crippen LogP contribution is -2.32. The molecule has 4 nitrogen and oxygen atoms in total. The number of hydrogen-bond donors (Lipinski definition) is 1. The first kappa shape index (κ1) is 12.6. The molecule has 0 saturated carbocycles. The molecule has 0 bridgehead atoms. The number of methoxy groups -OCH3 is 2. The zero-order chi connectivity index (χ0) is 12.1. The van der Waals surface area contributed by atoms with Gasteiger partial charge in [-0.1, -0.05) is 0 Å². The standard InChI is InChI=1S/C12H20N2O2/c1-9(14(2)3)13-11-8-10(15-4)6-7-12(11)16-5/h6-9,13H,1-5H3. The largest absolute Gasteiger partial charge is 0.497 e. The van der Waals surface area contributed by atoms with Crippen LogP contribution < -0.4 is 14.8 Å². The van der Waals surface area contributed by atoms with Gasteiger partial charge in [0, 0.05) is 6.07 Å². The second kappa shape index (κ2) is 5.61. The molecule has 1 unspecified atom stereocenters. The van der Waals surface area contributed by atoms with Crippen molar-refractivity contribution in [1.29, 1.82) is 0 Å². The molecule has 1 N–H and O–H groups in total. The predicted octanol–water partition coefficient (Wildman–Crippen LogP) is 2.02. The molecule has 0 heterocycles. The second-order valence-corrected chi connectivity index (χ2v) is 3.85. The fraction of sp³-hybridized carbons (Fsp3) is 0.500. The molecule has 0 radical (unpaired) electrons. The summed E-state index contributed by atoms with van der Waals surface area (Å²) in [5.74, 6) is 1.63. The molecule has 0 amide bonds. The minimum absolute atomic E-state index is 0.223. The van der Waals surface area contributed by atoms with Gasteiger partial charge in [0.1, 0.15) is 11.5 Å². The number of nitrogens with zero attached hydrogens (tertiary/aromatic N) is 1. The fourth-order valence-corrected chi connectivity index (χ4v) is 1.28. The first-order valence-electron chi connectivity index (χ1n) is 5.23. The molecule has 1 atom stereocenters. The average molecular weight is 224 g/mol. The third-order valence-corrected chi connectivity index (χ3v) is 2.55. The molecule has 0 saturated heterocycles. The summed E-state index contributed by atoms with van der Waals surface area (Å²) in [6.45, 7) is 2.08. The van der Waals surface area contributed by atoms with Crippen LogP contribution in [0.3, 0.4) is 0 Å². The summed E-state index contributed by atoms with van der Waals surface area (Å²) >= 11 is 0. The Labute approximate surface area is 97.2 Å². The lowest BCUT2D eigenvalue weighted by Gasteiger charge is -2.23. The van der Waals surface area contributed by atoms with E-state index in [0.717, 1.165) is 17.2 Å². The van der Waals surface area contributed by atoms with Crippen molar-refractivity contribution in [3.63, 3.8) is 0 Å². The van der Waals surface area contributed by atoms with E-state index in [4.69, 9.17) is 9.47 Å². The van der Waals surface area contributed by atoms with E-state index < -0.39 is 0 Å². The third kappa shape index (κ3) is 3.03. The van der Waals surface area contributed by atoms with Gasteiger partial charge >= 0.3 is 0 Å². The van der Waals surface area contributed by atoms with Gasteiger partial charge in [0.25, 0.3) is 0 Å². The summed E-state index contributed by atoms with van der Waals surface area (Å²) in [5, 5.41) is 3.36. The number of nitrogens with one attached hydrogen (secondary N) is 1. The zero-order valence-electron chi connectivity index (χ0n) is 10.6. The Morgan fingerprint density at radius 3 is 2.38 bits per heavy atom. The van der Waals surface area contributed by atoms with E-state index in [0.29, 0.717) is 0 Å². The molecule has 0 aliphatic rings. The van der Waals surface area contributed by atoms with Crippen molar-refractivity contribution in [2.45, 2.75) is 13.1 Å². The van der Waals surface area contributed by atoms with E-state index in [1.54, 1.807) is 14.2 Å². The monoisotopic (exact) mass is 224 g/mol. The van der Waals surface area contributed by atoms with Crippen LogP contribution in [0.15, 0.2) is 18.2 Å². The van der Waals surface area contributed by atoms with Crippen LogP contribution >= 0.6 is 0 Å². The number of anilines is 1. The SMILES string of the molecule is COc1ccc(OC)c(NC(C)N(C)C)c1. The molecule has 1 aromatic rings. The number of rotatable bonds is 5. The van der Waals surface area contributed by atoms with Crippen molar-refractivity contribution in [2.75, 3.05) is 33.6 Å². The summed E-state index contributed by atoms with van der Waals surface area (Å²) in [4.78, 5) is 2.08. The van der Waals surface area contributed by atoms with Gasteiger partial charge in [0.2, 0.25) is 0 Å². The van der Waals surface area contributed by atoms with Gasteiger partial charge in [-0.25, -0.2) is 0 Å². The van der Waals surface area contributed by atoms with E-state index >= 15 is 0 Å². The summed E-state index contributed by atoms with van der Waals surface area (Å²) in [5.41, 5.74) is 0.933. The molecule has 0 spiro atoms. The first-order chi connectivity index (χ1) is 7.58. The van der Waals surface area contributed by atoms with Gasteiger partial charge in [-0.3, -0.25) is 4.90 Å². The van der Waals surface area contributed by atoms with Crippen molar-refractivity contribution in [3.8, 4) is 11.5 Å². The maximum atomic E-state index is 5.29. The van der Waals surface area contributed by atoms with Crippen LogP contribution in [0.5, 0.6) is 11.5 Å². The van der Waals surface area contributed by atoms with E-state index in [9.17, 15) is 0 Å². The van der Waals surface area contributed by atoms with Crippen LogP contribution in [0.2, 0.25) is 0 Å². The molecule has 90 valence electrons. The number of benzene rings is 1. The normalized spacial score (nSPS) is 12.4. The molecule has 0 aromatic heterocycles. The van der Waals surface area contributed by atoms with Gasteiger partial charge in [0.05, 0.1) is 26.1 Å². The molecule has 4 heteroatoms. The van der Waals surface area contributed by atoms with Gasteiger partial charge in [-0.15, -0.1) is 0 Å². The number of hydrogen-bond acceptors (Lipinski definition) is 4. The highest BCUT2D eigenvalue weighted by molar-refractivity contribution is 5.60. The van der Waals surface area contributed by atoms with E-state index in [1.165, 1.54) is 0 Å². The Balaban J connectivity index is 2.91. The Morgan fingerprint density at radius 1 is 1.19 bits per heavy atom. The molecule has 1 rings (SSSR count). The molecule has 0 aliphatic heterocycles. The lowest BCUT2D eigenvalue weighted by atomic mass is 10.2. The van der Waals surface area contributed by atoms with E-state index in [-0.39, 0.29) is 6.17 Å². The van der Waals surface area contributed by atoms with Crippen molar-refractivity contribution in [3.05, 3.63) is 18.2 Å². The topological polar surface area (TPSA) is 33.7 Å². The van der Waals surface area contributed by atoms with Gasteiger partial charge in [0.15, 0.2) is 0 Å². The summed E-state index contributed by atoms with van der Waals surface area (Å²) in [6, 6.07) is 5.70. The van der Waals surface area contributed by atoms with Crippen LogP contribution in [0.4, 0.5) is 5.69 Å². The first-order valence-corrected chi connectivity index (χ1v) is 5.23. The lowest BCUT2D eigenvalue weighted by molar-refractivity contribution is 0.341. The highest BCUT2D eigenvalue weighted by Crippen LogP contribution is 2.29. The molecule has 16 heavy (non-hydrogen) atoms. The minimum atomic E-state index is 0.223. The van der Waals surface area contributed by atoms with Crippen LogP contribution in [-0.4, -0.2) is 39.4 Å². The van der Waals surface area contributed by atoms with Crippen molar-refractivity contribution >= 4 is 5.69 Å². The summed E-state index contributed by atoms with van der Waals surface area (Å²) < 4.78 is 10.5. The summed E-state index contributed by atoms with van der Waals surface area (Å²) in [7, 11) is 7.35. The van der Waals surface area contributed by atoms with E-state index in [1.807, 2.05) is 32.3 Å². The Hall–Kier alpha value is -1.42. The molecular formula is C12H20N2O2. The van der Waals surface area contributed by atoms with Crippen molar-refractivity contribution in [2.24, 2.45) is 0 Å². The summed E-state index contributed by atoms with van der Waals surface area (Å²) in [6.07, 6.45) is 0.223. The Morgan fingerprint density at radius 2 is 1.88 bits per heavy atom. The van der Waals surface area contributed by atoms with Crippen molar-refractivity contribution in [1.82, 2.24) is 4.90 Å². The quantitative estimate of drug-likeness (QED) is 0.776. The Bertz CT molecular complexity index is 340. The Kier molecular flexibility index (Phi) is 4.43. The predicted molar refractivity (Wildman–Crippen MR) is 66.3 cm³/mol. The smallest absolute Gasteiger partial charge is 0.142 e. The molecule has 0 aliphatic carbocycles. The third-order valence-electron chi connectivity index (χ3n) is 2.55. The van der Waals surface area contributed by atoms with Crippen LogP contribution in [0.25, 0.3) is 0 Å².